The molecule has 0 saturated heterocycles. The van der Waals surface area contributed by atoms with Crippen molar-refractivity contribution in [3.63, 3.8) is 0 Å². The molecule has 96 valence electrons. The highest BCUT2D eigenvalue weighted by atomic mass is 35.5. The number of para-hydroxylation sites is 1. The highest BCUT2D eigenvalue weighted by Crippen LogP contribution is 2.26. The standard InChI is InChI=1S/C16H14ClNO/c1-19-16-10-12(6-7-14(16)17)11-18-9-8-13-4-2-3-5-15(13)18/h2-10H,11H2,1H3. The first-order valence-corrected chi connectivity index (χ1v) is 6.52. The first-order valence-electron chi connectivity index (χ1n) is 6.14. The van der Waals surface area contributed by atoms with Gasteiger partial charge in [0.05, 0.1) is 12.1 Å². The molecule has 0 aliphatic carbocycles. The lowest BCUT2D eigenvalue weighted by atomic mass is 10.2. The van der Waals surface area contributed by atoms with Crippen molar-refractivity contribution < 1.29 is 4.74 Å². The second-order valence-corrected chi connectivity index (χ2v) is 4.88. The van der Waals surface area contributed by atoms with Crippen LogP contribution in [-0.2, 0) is 6.54 Å². The number of hydrogen-bond acceptors (Lipinski definition) is 1. The van der Waals surface area contributed by atoms with E-state index in [1.807, 2.05) is 18.2 Å². The van der Waals surface area contributed by atoms with E-state index in [0.717, 1.165) is 12.3 Å². The van der Waals surface area contributed by atoms with Crippen molar-refractivity contribution in [1.29, 1.82) is 0 Å². The first kappa shape index (κ1) is 12.1. The summed E-state index contributed by atoms with van der Waals surface area (Å²) in [5.41, 5.74) is 2.40. The molecule has 1 aromatic heterocycles. The number of halogens is 1. The van der Waals surface area contributed by atoms with Gasteiger partial charge < -0.3 is 9.30 Å². The van der Waals surface area contributed by atoms with Crippen molar-refractivity contribution >= 4 is 22.5 Å². The molecule has 0 saturated carbocycles. The Labute approximate surface area is 117 Å². The normalized spacial score (nSPS) is 10.8. The van der Waals surface area contributed by atoms with Gasteiger partial charge in [0.2, 0.25) is 0 Å². The number of aromatic nitrogens is 1. The summed E-state index contributed by atoms with van der Waals surface area (Å²) in [6.45, 7) is 0.807. The van der Waals surface area contributed by atoms with Gasteiger partial charge >= 0.3 is 0 Å². The van der Waals surface area contributed by atoms with Gasteiger partial charge in [0.1, 0.15) is 5.75 Å². The summed E-state index contributed by atoms with van der Waals surface area (Å²) in [5, 5.41) is 1.90. The molecule has 0 N–H and O–H groups in total. The van der Waals surface area contributed by atoms with Gasteiger partial charge in [0, 0.05) is 18.3 Å². The summed E-state index contributed by atoms with van der Waals surface area (Å²) in [4.78, 5) is 0. The summed E-state index contributed by atoms with van der Waals surface area (Å²) in [6, 6.07) is 16.4. The Morgan fingerprint density at radius 3 is 2.79 bits per heavy atom. The molecule has 19 heavy (non-hydrogen) atoms. The molecule has 0 aliphatic heterocycles. The van der Waals surface area contributed by atoms with Gasteiger partial charge in [-0.3, -0.25) is 0 Å². The van der Waals surface area contributed by atoms with Crippen LogP contribution in [0.25, 0.3) is 10.9 Å². The Morgan fingerprint density at radius 1 is 1.11 bits per heavy atom. The maximum Gasteiger partial charge on any atom is 0.137 e. The molecule has 0 atom stereocenters. The third-order valence-electron chi connectivity index (χ3n) is 3.25. The highest BCUT2D eigenvalue weighted by molar-refractivity contribution is 6.32. The third-order valence-corrected chi connectivity index (χ3v) is 3.56. The molecule has 0 fully saturated rings. The van der Waals surface area contributed by atoms with Crippen molar-refractivity contribution in [2.75, 3.05) is 7.11 Å². The molecule has 0 aliphatic rings. The second kappa shape index (κ2) is 4.98. The van der Waals surface area contributed by atoms with E-state index in [-0.39, 0.29) is 0 Å². The van der Waals surface area contributed by atoms with Crippen molar-refractivity contribution in [1.82, 2.24) is 4.57 Å². The van der Waals surface area contributed by atoms with Gasteiger partial charge in [-0.25, -0.2) is 0 Å². The predicted molar refractivity (Wildman–Crippen MR) is 79.0 cm³/mol. The molecule has 3 rings (SSSR count). The van der Waals surface area contributed by atoms with E-state index in [4.69, 9.17) is 16.3 Å². The van der Waals surface area contributed by atoms with Gasteiger partial charge in [0.25, 0.3) is 0 Å². The lowest BCUT2D eigenvalue weighted by molar-refractivity contribution is 0.414. The van der Waals surface area contributed by atoms with Crippen LogP contribution in [0.3, 0.4) is 0 Å². The van der Waals surface area contributed by atoms with Crippen LogP contribution in [0.1, 0.15) is 5.56 Å². The van der Waals surface area contributed by atoms with E-state index in [2.05, 4.69) is 41.1 Å². The van der Waals surface area contributed by atoms with E-state index >= 15 is 0 Å². The third kappa shape index (κ3) is 2.32. The van der Waals surface area contributed by atoms with Gasteiger partial charge in [-0.2, -0.15) is 0 Å². The monoisotopic (exact) mass is 271 g/mol. The van der Waals surface area contributed by atoms with Crippen LogP contribution in [0, 0.1) is 0 Å². The van der Waals surface area contributed by atoms with Crippen LogP contribution in [-0.4, -0.2) is 11.7 Å². The molecule has 3 heteroatoms. The lowest BCUT2D eigenvalue weighted by Gasteiger charge is -2.08. The fourth-order valence-corrected chi connectivity index (χ4v) is 2.47. The highest BCUT2D eigenvalue weighted by Gasteiger charge is 2.04. The average molecular weight is 272 g/mol. The summed E-state index contributed by atoms with van der Waals surface area (Å²) in [7, 11) is 1.63. The Balaban J connectivity index is 1.97. The molecule has 0 radical (unpaired) electrons. The van der Waals surface area contributed by atoms with Gasteiger partial charge in [-0.1, -0.05) is 35.9 Å². The second-order valence-electron chi connectivity index (χ2n) is 4.47. The fraction of sp³-hybridized carbons (Fsp3) is 0.125. The van der Waals surface area contributed by atoms with Crippen molar-refractivity contribution in [2.45, 2.75) is 6.54 Å². The number of fused-ring (bicyclic) bond motifs is 1. The summed E-state index contributed by atoms with van der Waals surface area (Å²) in [6.07, 6.45) is 2.10. The van der Waals surface area contributed by atoms with E-state index in [1.165, 1.54) is 16.5 Å². The van der Waals surface area contributed by atoms with Crippen LogP contribution in [0.15, 0.2) is 54.7 Å². The molecule has 1 heterocycles. The Hall–Kier alpha value is -1.93. The number of methoxy groups -OCH3 is 1. The number of benzene rings is 2. The molecule has 0 amide bonds. The van der Waals surface area contributed by atoms with Gasteiger partial charge in [-0.15, -0.1) is 0 Å². The number of nitrogens with zero attached hydrogens (tertiary/aromatic N) is 1. The number of ether oxygens (including phenoxy) is 1. The SMILES string of the molecule is COc1cc(Cn2ccc3ccccc32)ccc1Cl. The maximum atomic E-state index is 6.04. The van der Waals surface area contributed by atoms with Crippen molar-refractivity contribution in [3.8, 4) is 5.75 Å². The summed E-state index contributed by atoms with van der Waals surface area (Å²) >= 11 is 6.04. The molecule has 0 spiro atoms. The van der Waals surface area contributed by atoms with Gasteiger partial charge in [0.15, 0.2) is 0 Å². The van der Waals surface area contributed by atoms with Crippen LogP contribution in [0.5, 0.6) is 5.75 Å². The van der Waals surface area contributed by atoms with Crippen molar-refractivity contribution in [2.24, 2.45) is 0 Å². The Kier molecular flexibility index (Phi) is 3.18. The lowest BCUT2D eigenvalue weighted by Crippen LogP contribution is -1.98. The minimum Gasteiger partial charge on any atom is -0.495 e. The molecular formula is C16H14ClNO. The van der Waals surface area contributed by atoms with Crippen LogP contribution in [0.4, 0.5) is 0 Å². The first-order chi connectivity index (χ1) is 9.28. The maximum absolute atomic E-state index is 6.04. The van der Waals surface area contributed by atoms with Crippen LogP contribution in [0.2, 0.25) is 5.02 Å². The Bertz CT molecular complexity index is 718. The van der Waals surface area contributed by atoms with E-state index in [1.54, 1.807) is 7.11 Å². The minimum absolute atomic E-state index is 0.642. The largest absolute Gasteiger partial charge is 0.495 e. The molecule has 2 aromatic carbocycles. The quantitative estimate of drug-likeness (QED) is 0.691. The molecule has 3 aromatic rings. The zero-order chi connectivity index (χ0) is 13.2. The van der Waals surface area contributed by atoms with Crippen molar-refractivity contribution in [3.05, 3.63) is 65.3 Å². The van der Waals surface area contributed by atoms with E-state index < -0.39 is 0 Å². The van der Waals surface area contributed by atoms with Crippen LogP contribution >= 0.6 is 11.6 Å². The Morgan fingerprint density at radius 2 is 1.95 bits per heavy atom. The topological polar surface area (TPSA) is 14.2 Å². The number of hydrogen-bond donors (Lipinski definition) is 0. The van der Waals surface area contributed by atoms with E-state index in [0.29, 0.717) is 5.02 Å². The molecule has 0 unspecified atom stereocenters. The van der Waals surface area contributed by atoms with Gasteiger partial charge in [-0.05, 0) is 35.2 Å². The summed E-state index contributed by atoms with van der Waals surface area (Å²) in [5.74, 6) is 0.718. The fourth-order valence-electron chi connectivity index (χ4n) is 2.28. The zero-order valence-corrected chi connectivity index (χ0v) is 11.4. The predicted octanol–water partition coefficient (Wildman–Crippen LogP) is 4.35. The molecule has 2 nitrogen and oxygen atoms in total. The molecule has 0 bridgehead atoms. The number of rotatable bonds is 3. The minimum atomic E-state index is 0.642. The van der Waals surface area contributed by atoms with Crippen LogP contribution < -0.4 is 4.74 Å². The summed E-state index contributed by atoms with van der Waals surface area (Å²) < 4.78 is 7.47. The average Bonchev–Trinajstić information content (AvgIpc) is 2.84. The molecular weight excluding hydrogens is 258 g/mol. The zero-order valence-electron chi connectivity index (χ0n) is 10.6. The smallest absolute Gasteiger partial charge is 0.137 e. The van der Waals surface area contributed by atoms with E-state index in [9.17, 15) is 0 Å².